The van der Waals surface area contributed by atoms with Crippen molar-refractivity contribution in [2.45, 2.75) is 25.5 Å². The van der Waals surface area contributed by atoms with E-state index in [0.717, 1.165) is 5.56 Å². The first-order valence-corrected chi connectivity index (χ1v) is 5.71. The van der Waals surface area contributed by atoms with Crippen molar-refractivity contribution in [1.82, 2.24) is 4.90 Å². The van der Waals surface area contributed by atoms with Gasteiger partial charge in [0.15, 0.2) is 0 Å². The van der Waals surface area contributed by atoms with Gasteiger partial charge in [0.05, 0.1) is 12.6 Å². The number of amides is 1. The van der Waals surface area contributed by atoms with E-state index < -0.39 is 0 Å². The lowest BCUT2D eigenvalue weighted by molar-refractivity contribution is 0.118. The molecule has 0 aliphatic carbocycles. The Bertz CT molecular complexity index is 419. The minimum Gasteiger partial charge on any atom is -0.443 e. The third kappa shape index (κ3) is 2.42. The Morgan fingerprint density at radius 2 is 2.24 bits per heavy atom. The smallest absolute Gasteiger partial charge is 0.410 e. The van der Waals surface area contributed by atoms with Gasteiger partial charge >= 0.3 is 6.09 Å². The fraction of sp³-hybridized carbons (Fsp3) is 0.462. The first kappa shape index (κ1) is 11.9. The lowest BCUT2D eigenvalue weighted by Crippen LogP contribution is -2.37. The number of aliphatic hydroxyl groups is 1. The van der Waals surface area contributed by atoms with Gasteiger partial charge in [0.1, 0.15) is 6.10 Å². The molecule has 1 heterocycles. The zero-order valence-electron chi connectivity index (χ0n) is 10.1. The summed E-state index contributed by atoms with van der Waals surface area (Å²) in [5, 5.41) is 9.28. The Hall–Kier alpha value is -1.55. The third-order valence-electron chi connectivity index (χ3n) is 3.17. The Labute approximate surface area is 101 Å². The topological polar surface area (TPSA) is 49.8 Å². The number of rotatable bonds is 3. The molecule has 1 saturated heterocycles. The van der Waals surface area contributed by atoms with Gasteiger partial charge in [-0.15, -0.1) is 0 Å². The zero-order valence-corrected chi connectivity index (χ0v) is 10.1. The van der Waals surface area contributed by atoms with Crippen molar-refractivity contribution >= 4 is 6.09 Å². The summed E-state index contributed by atoms with van der Waals surface area (Å²) in [6.45, 7) is 1.96. The number of hydrogen-bond acceptors (Lipinski definition) is 3. The highest BCUT2D eigenvalue weighted by Gasteiger charge is 2.38. The molecule has 2 atom stereocenters. The molecule has 1 aromatic carbocycles. The van der Waals surface area contributed by atoms with E-state index in [4.69, 9.17) is 4.74 Å². The first-order valence-electron chi connectivity index (χ1n) is 5.71. The van der Waals surface area contributed by atoms with Crippen LogP contribution in [0.3, 0.4) is 0 Å². The highest BCUT2D eigenvalue weighted by molar-refractivity contribution is 5.70. The third-order valence-corrected chi connectivity index (χ3v) is 3.17. The molecule has 1 aromatic rings. The number of carbonyl (C=O) groups is 1. The number of benzene rings is 1. The van der Waals surface area contributed by atoms with Crippen molar-refractivity contribution in [2.75, 3.05) is 13.7 Å². The predicted molar refractivity (Wildman–Crippen MR) is 63.8 cm³/mol. The van der Waals surface area contributed by atoms with Crippen LogP contribution in [0.1, 0.15) is 11.1 Å². The van der Waals surface area contributed by atoms with E-state index in [-0.39, 0.29) is 24.8 Å². The van der Waals surface area contributed by atoms with Crippen LogP contribution in [-0.4, -0.2) is 41.9 Å². The van der Waals surface area contributed by atoms with E-state index in [9.17, 15) is 9.90 Å². The van der Waals surface area contributed by atoms with Gasteiger partial charge in [-0.3, -0.25) is 0 Å². The van der Waals surface area contributed by atoms with Gasteiger partial charge in [0, 0.05) is 13.5 Å². The Kier molecular flexibility index (Phi) is 3.33. The molecule has 0 aromatic heterocycles. The standard InChI is InChI=1S/C13H17NO3/c1-9-4-3-5-10(6-9)7-12-11(8-15)14(2)13(16)17-12/h3-6,11-12,15H,7-8H2,1-2H3. The summed E-state index contributed by atoms with van der Waals surface area (Å²) >= 11 is 0. The van der Waals surface area contributed by atoms with Crippen LogP contribution in [0.25, 0.3) is 0 Å². The zero-order chi connectivity index (χ0) is 12.4. The number of likely N-dealkylation sites (N-methyl/N-ethyl adjacent to an activating group) is 1. The van der Waals surface area contributed by atoms with Crippen LogP contribution in [0, 0.1) is 6.92 Å². The Balaban J connectivity index is 2.11. The van der Waals surface area contributed by atoms with E-state index >= 15 is 0 Å². The molecule has 1 amide bonds. The van der Waals surface area contributed by atoms with E-state index in [1.54, 1.807) is 7.05 Å². The first-order chi connectivity index (χ1) is 8.11. The molecule has 92 valence electrons. The highest BCUT2D eigenvalue weighted by Crippen LogP contribution is 2.21. The summed E-state index contributed by atoms with van der Waals surface area (Å²) in [5.74, 6) is 0. The fourth-order valence-electron chi connectivity index (χ4n) is 2.17. The SMILES string of the molecule is Cc1cccc(CC2OC(=O)N(C)C2CO)c1. The van der Waals surface area contributed by atoms with E-state index in [1.807, 2.05) is 25.1 Å². The molecule has 1 N–H and O–H groups in total. The van der Waals surface area contributed by atoms with Crippen molar-refractivity contribution in [3.05, 3.63) is 35.4 Å². The van der Waals surface area contributed by atoms with Crippen LogP contribution in [0.2, 0.25) is 0 Å². The van der Waals surface area contributed by atoms with Crippen LogP contribution in [-0.2, 0) is 11.2 Å². The molecule has 4 heteroatoms. The molecule has 0 spiro atoms. The van der Waals surface area contributed by atoms with Crippen molar-refractivity contribution < 1.29 is 14.6 Å². The van der Waals surface area contributed by atoms with E-state index in [0.29, 0.717) is 6.42 Å². The number of aryl methyl sites for hydroxylation is 1. The second kappa shape index (κ2) is 4.75. The molecule has 17 heavy (non-hydrogen) atoms. The van der Waals surface area contributed by atoms with Crippen LogP contribution >= 0.6 is 0 Å². The van der Waals surface area contributed by atoms with E-state index in [2.05, 4.69) is 6.07 Å². The van der Waals surface area contributed by atoms with Crippen LogP contribution in [0.15, 0.2) is 24.3 Å². The lowest BCUT2D eigenvalue weighted by atomic mass is 10.0. The summed E-state index contributed by atoms with van der Waals surface area (Å²) in [5.41, 5.74) is 2.30. The summed E-state index contributed by atoms with van der Waals surface area (Å²) < 4.78 is 5.25. The number of carbonyl (C=O) groups excluding carboxylic acids is 1. The van der Waals surface area contributed by atoms with Crippen molar-refractivity contribution in [1.29, 1.82) is 0 Å². The van der Waals surface area contributed by atoms with Crippen molar-refractivity contribution in [2.24, 2.45) is 0 Å². The minimum absolute atomic E-state index is 0.0707. The van der Waals surface area contributed by atoms with Gasteiger partial charge in [-0.2, -0.15) is 0 Å². The second-order valence-electron chi connectivity index (χ2n) is 4.48. The van der Waals surface area contributed by atoms with E-state index in [1.165, 1.54) is 10.5 Å². The van der Waals surface area contributed by atoms with Crippen molar-refractivity contribution in [3.63, 3.8) is 0 Å². The maximum atomic E-state index is 11.4. The maximum Gasteiger partial charge on any atom is 0.410 e. The average Bonchev–Trinajstić information content (AvgIpc) is 2.54. The van der Waals surface area contributed by atoms with Crippen LogP contribution < -0.4 is 0 Å². The van der Waals surface area contributed by atoms with Gasteiger partial charge in [-0.1, -0.05) is 29.8 Å². The van der Waals surface area contributed by atoms with Crippen LogP contribution in [0.4, 0.5) is 4.79 Å². The second-order valence-corrected chi connectivity index (χ2v) is 4.48. The fourth-order valence-corrected chi connectivity index (χ4v) is 2.17. The number of aliphatic hydroxyl groups excluding tert-OH is 1. The predicted octanol–water partition coefficient (Wildman–Crippen LogP) is 1.35. The molecule has 4 nitrogen and oxygen atoms in total. The summed E-state index contributed by atoms with van der Waals surface area (Å²) in [4.78, 5) is 12.9. The van der Waals surface area contributed by atoms with Gasteiger partial charge < -0.3 is 14.7 Å². The molecule has 0 saturated carbocycles. The highest BCUT2D eigenvalue weighted by atomic mass is 16.6. The molecule has 0 bridgehead atoms. The number of nitrogens with zero attached hydrogens (tertiary/aromatic N) is 1. The molecular formula is C13H17NO3. The van der Waals surface area contributed by atoms with Gasteiger partial charge in [0.25, 0.3) is 0 Å². The summed E-state index contributed by atoms with van der Waals surface area (Å²) in [6.07, 6.45) is 0.0178. The minimum atomic E-state index is -0.360. The molecule has 1 aliphatic rings. The number of cyclic esters (lactones) is 1. The Morgan fingerprint density at radius 3 is 2.88 bits per heavy atom. The molecular weight excluding hydrogens is 218 g/mol. The van der Waals surface area contributed by atoms with Gasteiger partial charge in [-0.25, -0.2) is 4.79 Å². The molecule has 2 unspecified atom stereocenters. The van der Waals surface area contributed by atoms with Crippen molar-refractivity contribution in [3.8, 4) is 0 Å². The normalized spacial score (nSPS) is 23.9. The monoisotopic (exact) mass is 235 g/mol. The molecule has 1 fully saturated rings. The quantitative estimate of drug-likeness (QED) is 0.860. The van der Waals surface area contributed by atoms with Gasteiger partial charge in [0.2, 0.25) is 0 Å². The number of hydrogen-bond donors (Lipinski definition) is 1. The summed E-state index contributed by atoms with van der Waals surface area (Å²) in [7, 11) is 1.65. The molecule has 1 aliphatic heterocycles. The maximum absolute atomic E-state index is 11.4. The number of ether oxygens (including phenoxy) is 1. The largest absolute Gasteiger partial charge is 0.443 e. The van der Waals surface area contributed by atoms with Crippen LogP contribution in [0.5, 0.6) is 0 Å². The summed E-state index contributed by atoms with van der Waals surface area (Å²) in [6, 6.07) is 7.84. The lowest BCUT2D eigenvalue weighted by Gasteiger charge is -2.18. The molecule has 2 rings (SSSR count). The van der Waals surface area contributed by atoms with Gasteiger partial charge in [-0.05, 0) is 12.5 Å². The Morgan fingerprint density at radius 1 is 1.47 bits per heavy atom. The average molecular weight is 235 g/mol. The molecule has 0 radical (unpaired) electrons.